The van der Waals surface area contributed by atoms with E-state index < -0.39 is 0 Å². The molecule has 0 fully saturated rings. The van der Waals surface area contributed by atoms with E-state index in [0.717, 1.165) is 25.5 Å². The minimum Gasteiger partial charge on any atom is -0.478 e. The molecule has 3 rings (SSSR count). The predicted octanol–water partition coefficient (Wildman–Crippen LogP) is 1.45. The Hall–Kier alpha value is -1.51. The van der Waals surface area contributed by atoms with Crippen molar-refractivity contribution in [1.29, 1.82) is 0 Å². The lowest BCUT2D eigenvalue weighted by atomic mass is 10.1. The Morgan fingerprint density at radius 1 is 1.36 bits per heavy atom. The summed E-state index contributed by atoms with van der Waals surface area (Å²) in [7, 11) is 0. The lowest BCUT2D eigenvalue weighted by Gasteiger charge is -2.10. The molecule has 1 aromatic rings. The van der Waals surface area contributed by atoms with Gasteiger partial charge >= 0.3 is 0 Å². The molecule has 2 aliphatic rings. The minimum atomic E-state index is 0.259. The van der Waals surface area contributed by atoms with Crippen LogP contribution in [0.5, 0.6) is 0 Å². The fourth-order valence-electron chi connectivity index (χ4n) is 2.01. The van der Waals surface area contributed by atoms with E-state index >= 15 is 0 Å². The number of nitrogens with zero attached hydrogens (tertiary/aromatic N) is 1. The smallest absolute Gasteiger partial charge is 0.207 e. The summed E-state index contributed by atoms with van der Waals surface area (Å²) < 4.78 is 5.46. The van der Waals surface area contributed by atoms with Gasteiger partial charge in [-0.2, -0.15) is 0 Å². The topological polar surface area (TPSA) is 33.6 Å². The number of nitrogens with one attached hydrogen (secondary N) is 1. The lowest BCUT2D eigenvalue weighted by molar-refractivity contribution is 0.335. The van der Waals surface area contributed by atoms with Crippen molar-refractivity contribution in [1.82, 2.24) is 0 Å². The van der Waals surface area contributed by atoms with E-state index in [-0.39, 0.29) is 6.04 Å². The first-order valence-corrected chi connectivity index (χ1v) is 4.95. The van der Waals surface area contributed by atoms with Crippen LogP contribution in [0.1, 0.15) is 5.56 Å². The molecular weight excluding hydrogens is 176 g/mol. The van der Waals surface area contributed by atoms with Gasteiger partial charge in [-0.1, -0.05) is 18.2 Å². The van der Waals surface area contributed by atoms with E-state index in [4.69, 9.17) is 4.74 Å². The Morgan fingerprint density at radius 2 is 2.29 bits per heavy atom. The zero-order chi connectivity index (χ0) is 9.38. The first kappa shape index (κ1) is 7.85. The van der Waals surface area contributed by atoms with Crippen molar-refractivity contribution in [3.8, 4) is 0 Å². The maximum Gasteiger partial charge on any atom is 0.207 e. The predicted molar refractivity (Wildman–Crippen MR) is 55.8 cm³/mol. The van der Waals surface area contributed by atoms with Crippen molar-refractivity contribution >= 4 is 11.6 Å². The summed E-state index contributed by atoms with van der Waals surface area (Å²) >= 11 is 0. The molecule has 1 unspecified atom stereocenters. The van der Waals surface area contributed by atoms with Crippen LogP contribution in [0, 0.1) is 0 Å². The van der Waals surface area contributed by atoms with Crippen LogP contribution in [0.4, 0.5) is 5.69 Å². The summed E-state index contributed by atoms with van der Waals surface area (Å²) in [5, 5.41) is 3.42. The Bertz CT molecular complexity index is 362. The van der Waals surface area contributed by atoms with Crippen molar-refractivity contribution in [3.63, 3.8) is 0 Å². The van der Waals surface area contributed by atoms with Gasteiger partial charge in [0.2, 0.25) is 5.90 Å². The van der Waals surface area contributed by atoms with E-state index in [1.54, 1.807) is 0 Å². The summed E-state index contributed by atoms with van der Waals surface area (Å²) in [5.74, 6) is 0.876. The first-order chi connectivity index (χ1) is 6.93. The Labute approximate surface area is 82.8 Å². The summed E-state index contributed by atoms with van der Waals surface area (Å²) in [5.41, 5.74) is 2.58. The second kappa shape index (κ2) is 3.01. The van der Waals surface area contributed by atoms with Gasteiger partial charge in [0.25, 0.3) is 0 Å². The second-order valence-corrected chi connectivity index (χ2v) is 3.63. The molecule has 3 heteroatoms. The summed E-state index contributed by atoms with van der Waals surface area (Å²) in [6, 6.07) is 8.63. The van der Waals surface area contributed by atoms with Gasteiger partial charge < -0.3 is 10.1 Å². The Kier molecular flexibility index (Phi) is 1.69. The van der Waals surface area contributed by atoms with Crippen molar-refractivity contribution in [2.45, 2.75) is 12.5 Å². The molecule has 0 bridgehead atoms. The van der Waals surface area contributed by atoms with Gasteiger partial charge in [-0.3, -0.25) is 4.99 Å². The number of ether oxygens (including phenoxy) is 1. The highest BCUT2D eigenvalue weighted by molar-refractivity contribution is 5.88. The van der Waals surface area contributed by atoms with Gasteiger partial charge in [-0.25, -0.2) is 0 Å². The molecule has 0 saturated carbocycles. The number of hydrogen-bond acceptors (Lipinski definition) is 3. The standard InChI is InChI=1S/C11H12N2O/c1-2-4-9-8(3-1)7-10(13-9)11-12-5-6-14-11/h1-4,10,13H,5-7H2. The third-order valence-corrected chi connectivity index (χ3v) is 2.68. The highest BCUT2D eigenvalue weighted by Gasteiger charge is 2.27. The summed E-state index contributed by atoms with van der Waals surface area (Å²) in [4.78, 5) is 4.33. The van der Waals surface area contributed by atoms with E-state index in [1.807, 2.05) is 6.07 Å². The third kappa shape index (κ3) is 1.16. The van der Waals surface area contributed by atoms with Crippen molar-refractivity contribution in [3.05, 3.63) is 29.8 Å². The molecule has 0 aliphatic carbocycles. The van der Waals surface area contributed by atoms with Crippen molar-refractivity contribution in [2.24, 2.45) is 4.99 Å². The van der Waals surface area contributed by atoms with E-state index in [2.05, 4.69) is 28.5 Å². The summed E-state index contributed by atoms with van der Waals surface area (Å²) in [6.07, 6.45) is 0.995. The number of anilines is 1. The number of aliphatic imine (C=N–C) groups is 1. The fraction of sp³-hybridized carbons (Fsp3) is 0.364. The minimum absolute atomic E-state index is 0.259. The molecule has 72 valence electrons. The number of rotatable bonds is 1. The molecule has 0 saturated heterocycles. The molecule has 2 aliphatic heterocycles. The van der Waals surface area contributed by atoms with Crippen LogP contribution in [0.25, 0.3) is 0 Å². The van der Waals surface area contributed by atoms with Gasteiger partial charge in [-0.15, -0.1) is 0 Å². The van der Waals surface area contributed by atoms with E-state index in [0.29, 0.717) is 0 Å². The normalized spacial score (nSPS) is 23.7. The molecule has 2 heterocycles. The van der Waals surface area contributed by atoms with Crippen LogP contribution in [-0.2, 0) is 11.2 Å². The van der Waals surface area contributed by atoms with E-state index in [9.17, 15) is 0 Å². The van der Waals surface area contributed by atoms with Gasteiger partial charge in [0.05, 0.1) is 6.54 Å². The SMILES string of the molecule is c1ccc2c(c1)CC(C1=NCCO1)N2. The molecule has 1 N–H and O–H groups in total. The number of fused-ring (bicyclic) bond motifs is 1. The number of benzene rings is 1. The molecule has 0 spiro atoms. The third-order valence-electron chi connectivity index (χ3n) is 2.68. The molecule has 1 aromatic carbocycles. The van der Waals surface area contributed by atoms with Crippen molar-refractivity contribution < 1.29 is 4.74 Å². The molecule has 0 aromatic heterocycles. The van der Waals surface area contributed by atoms with Gasteiger partial charge in [0, 0.05) is 12.1 Å². The van der Waals surface area contributed by atoms with Crippen LogP contribution in [0.3, 0.4) is 0 Å². The highest BCUT2D eigenvalue weighted by atomic mass is 16.5. The van der Waals surface area contributed by atoms with E-state index in [1.165, 1.54) is 11.3 Å². The van der Waals surface area contributed by atoms with Crippen LogP contribution < -0.4 is 5.32 Å². The van der Waals surface area contributed by atoms with Crippen LogP contribution in [0.2, 0.25) is 0 Å². The van der Waals surface area contributed by atoms with Crippen LogP contribution in [-0.4, -0.2) is 25.1 Å². The highest BCUT2D eigenvalue weighted by Crippen LogP contribution is 2.26. The van der Waals surface area contributed by atoms with Crippen LogP contribution >= 0.6 is 0 Å². The molecular formula is C11H12N2O. The number of para-hydroxylation sites is 1. The maximum atomic E-state index is 5.46. The first-order valence-electron chi connectivity index (χ1n) is 4.95. The molecule has 0 amide bonds. The Balaban J connectivity index is 1.84. The van der Waals surface area contributed by atoms with Crippen molar-refractivity contribution in [2.75, 3.05) is 18.5 Å². The average Bonchev–Trinajstić information content (AvgIpc) is 2.86. The largest absolute Gasteiger partial charge is 0.478 e. The molecule has 1 atom stereocenters. The second-order valence-electron chi connectivity index (χ2n) is 3.63. The zero-order valence-corrected chi connectivity index (χ0v) is 7.86. The monoisotopic (exact) mass is 188 g/mol. The van der Waals surface area contributed by atoms with Gasteiger partial charge in [0.1, 0.15) is 12.6 Å². The molecule has 0 radical (unpaired) electrons. The quantitative estimate of drug-likeness (QED) is 0.723. The molecule has 14 heavy (non-hydrogen) atoms. The molecule has 3 nitrogen and oxygen atoms in total. The van der Waals surface area contributed by atoms with Gasteiger partial charge in [0.15, 0.2) is 0 Å². The maximum absolute atomic E-state index is 5.46. The Morgan fingerprint density at radius 3 is 3.07 bits per heavy atom. The van der Waals surface area contributed by atoms with Gasteiger partial charge in [-0.05, 0) is 11.6 Å². The average molecular weight is 188 g/mol. The van der Waals surface area contributed by atoms with Crippen LogP contribution in [0.15, 0.2) is 29.3 Å². The lowest BCUT2D eigenvalue weighted by Crippen LogP contribution is -2.27. The summed E-state index contributed by atoms with van der Waals surface area (Å²) in [6.45, 7) is 1.55. The zero-order valence-electron chi connectivity index (χ0n) is 7.86. The fourth-order valence-corrected chi connectivity index (χ4v) is 2.01. The number of hydrogen-bond donors (Lipinski definition) is 1.